The molecule has 0 radical (unpaired) electrons. The van der Waals surface area contributed by atoms with Crippen molar-refractivity contribution in [2.75, 3.05) is 0 Å². The highest BCUT2D eigenvalue weighted by Gasteiger charge is 2.20. The minimum atomic E-state index is -1.32. The fourth-order valence-electron chi connectivity index (χ4n) is 2.67. The molecule has 6 nitrogen and oxygen atoms in total. The monoisotopic (exact) mass is 363 g/mol. The van der Waals surface area contributed by atoms with Crippen LogP contribution in [0.15, 0.2) is 12.1 Å². The molecule has 130 valence electrons. The lowest BCUT2D eigenvalue weighted by Crippen LogP contribution is -2.03. The van der Waals surface area contributed by atoms with E-state index in [0.717, 1.165) is 25.7 Å². The first-order chi connectivity index (χ1) is 12.1. The van der Waals surface area contributed by atoms with Crippen molar-refractivity contribution in [1.29, 1.82) is 0 Å². The Balaban J connectivity index is 1.82. The number of nitrogens with one attached hydrogen (secondary N) is 1. The molecule has 2 N–H and O–H groups in total. The Hall–Kier alpha value is -2.59. The van der Waals surface area contributed by atoms with Gasteiger partial charge in [-0.2, -0.15) is 0 Å². The first kappa shape index (κ1) is 17.2. The Morgan fingerprint density at radius 2 is 2.12 bits per heavy atom. The summed E-state index contributed by atoms with van der Waals surface area (Å²) in [4.78, 5) is 11.0. The van der Waals surface area contributed by atoms with Gasteiger partial charge in [0.1, 0.15) is 0 Å². The summed E-state index contributed by atoms with van der Waals surface area (Å²) in [5, 5.41) is 17.8. The molecule has 1 aliphatic carbocycles. The number of nitrogens with zero attached hydrogens (tertiary/aromatic N) is 2. The lowest BCUT2D eigenvalue weighted by Gasteiger charge is -2.15. The summed E-state index contributed by atoms with van der Waals surface area (Å²) in [5.41, 5.74) is -0.00705. The number of carbonyl (C=O) groups is 1. The average Bonchev–Trinajstić information content (AvgIpc) is 3.08. The van der Waals surface area contributed by atoms with Gasteiger partial charge in [0, 0.05) is 11.5 Å². The van der Waals surface area contributed by atoms with Crippen molar-refractivity contribution < 1.29 is 19.0 Å². The van der Waals surface area contributed by atoms with Crippen LogP contribution >= 0.6 is 11.6 Å². The van der Waals surface area contributed by atoms with Gasteiger partial charge in [-0.1, -0.05) is 53.0 Å². The molecular weight excluding hydrogens is 349 g/mol. The van der Waals surface area contributed by atoms with E-state index < -0.39 is 11.8 Å². The number of aromatic carboxylic acids is 1. The second kappa shape index (κ2) is 7.53. The van der Waals surface area contributed by atoms with Crippen LogP contribution in [-0.2, 0) is 0 Å². The Kier molecular flexibility index (Phi) is 5.19. The van der Waals surface area contributed by atoms with Crippen LogP contribution in [0.1, 0.15) is 48.2 Å². The Bertz CT molecular complexity index is 851. The van der Waals surface area contributed by atoms with Crippen molar-refractivity contribution in [2.24, 2.45) is 5.92 Å². The molecule has 1 aromatic carbocycles. The number of carboxylic acids is 1. The molecule has 2 aromatic rings. The Morgan fingerprint density at radius 1 is 1.36 bits per heavy atom. The molecule has 0 bridgehead atoms. The summed E-state index contributed by atoms with van der Waals surface area (Å²) in [5.74, 6) is 3.67. The summed E-state index contributed by atoms with van der Waals surface area (Å²) in [6.45, 7) is 0. The summed E-state index contributed by atoms with van der Waals surface area (Å²) in [7, 11) is 0. The average molecular weight is 364 g/mol. The maximum atomic E-state index is 14.4. The topological polar surface area (TPSA) is 88.1 Å². The number of aromatic amines is 1. The van der Waals surface area contributed by atoms with Crippen molar-refractivity contribution in [2.45, 2.75) is 32.1 Å². The molecule has 0 atom stereocenters. The zero-order chi connectivity index (χ0) is 17.8. The smallest absolute Gasteiger partial charge is 0.359 e. The fourth-order valence-corrected chi connectivity index (χ4v) is 2.87. The molecule has 1 aliphatic rings. The van der Waals surface area contributed by atoms with E-state index in [-0.39, 0.29) is 22.3 Å². The standard InChI is InChI=1S/C17H15ClFN3O3/c18-13-11(7-6-10-4-2-1-3-5-10)8-9-12(14(13)19)25-16-15(17(23)24)20-22-21-16/h8-10H,1-5H2,(H,23,24)(H,20,21,22). The highest BCUT2D eigenvalue weighted by atomic mass is 35.5. The summed E-state index contributed by atoms with van der Waals surface area (Å²) >= 11 is 6.04. The maximum Gasteiger partial charge on any atom is 0.359 e. The molecule has 1 heterocycles. The van der Waals surface area contributed by atoms with Gasteiger partial charge in [-0.25, -0.2) is 14.3 Å². The predicted molar refractivity (Wildman–Crippen MR) is 88.3 cm³/mol. The van der Waals surface area contributed by atoms with Crippen LogP contribution in [0.4, 0.5) is 4.39 Å². The van der Waals surface area contributed by atoms with Crippen LogP contribution in [0.5, 0.6) is 11.6 Å². The van der Waals surface area contributed by atoms with Crippen molar-refractivity contribution in [3.05, 3.63) is 34.2 Å². The lowest BCUT2D eigenvalue weighted by molar-refractivity contribution is 0.0687. The van der Waals surface area contributed by atoms with Gasteiger partial charge < -0.3 is 9.84 Å². The van der Waals surface area contributed by atoms with Crippen molar-refractivity contribution in [1.82, 2.24) is 15.4 Å². The molecule has 0 saturated heterocycles. The second-order valence-electron chi connectivity index (χ2n) is 5.74. The zero-order valence-corrected chi connectivity index (χ0v) is 13.9. The van der Waals surface area contributed by atoms with Crippen LogP contribution < -0.4 is 4.74 Å². The van der Waals surface area contributed by atoms with Crippen LogP contribution in [0.2, 0.25) is 5.02 Å². The van der Waals surface area contributed by atoms with E-state index >= 15 is 0 Å². The Morgan fingerprint density at radius 3 is 2.84 bits per heavy atom. The number of rotatable bonds is 3. The van der Waals surface area contributed by atoms with Crippen LogP contribution in [-0.4, -0.2) is 26.5 Å². The van der Waals surface area contributed by atoms with E-state index in [4.69, 9.17) is 21.4 Å². The summed E-state index contributed by atoms with van der Waals surface area (Å²) in [6.07, 6.45) is 5.67. The van der Waals surface area contributed by atoms with Gasteiger partial charge in [0.2, 0.25) is 5.69 Å². The summed E-state index contributed by atoms with van der Waals surface area (Å²) < 4.78 is 19.6. The number of hydrogen-bond donors (Lipinski definition) is 2. The number of aromatic nitrogens is 3. The van der Waals surface area contributed by atoms with Gasteiger partial charge >= 0.3 is 5.97 Å². The predicted octanol–water partition coefficient (Wildman–Crippen LogP) is 4.02. The normalized spacial score (nSPS) is 14.6. The molecule has 0 aliphatic heterocycles. The van der Waals surface area contributed by atoms with E-state index in [1.54, 1.807) is 0 Å². The van der Waals surface area contributed by atoms with Crippen molar-refractivity contribution >= 4 is 17.6 Å². The highest BCUT2D eigenvalue weighted by molar-refractivity contribution is 6.32. The Labute approximate surface area is 148 Å². The molecule has 0 amide bonds. The number of hydrogen-bond acceptors (Lipinski definition) is 4. The van der Waals surface area contributed by atoms with Gasteiger partial charge in [0.05, 0.1) is 5.02 Å². The van der Waals surface area contributed by atoms with E-state index in [1.807, 2.05) is 0 Å². The fraction of sp³-hybridized carbons (Fsp3) is 0.353. The van der Waals surface area contributed by atoms with Gasteiger partial charge in [-0.3, -0.25) is 0 Å². The number of halogens is 2. The van der Waals surface area contributed by atoms with Gasteiger partial charge in [-0.05, 0) is 25.0 Å². The molecule has 0 unspecified atom stereocenters. The third-order valence-electron chi connectivity index (χ3n) is 4.00. The third kappa shape index (κ3) is 3.91. The molecular formula is C17H15ClFN3O3. The molecule has 0 spiro atoms. The SMILES string of the molecule is O=C(O)c1[nH]nnc1Oc1ccc(C#CC2CCCCC2)c(Cl)c1F. The molecule has 8 heteroatoms. The second-order valence-corrected chi connectivity index (χ2v) is 6.12. The number of ether oxygens (including phenoxy) is 1. The van der Waals surface area contributed by atoms with E-state index in [9.17, 15) is 9.18 Å². The van der Waals surface area contributed by atoms with E-state index in [0.29, 0.717) is 11.5 Å². The van der Waals surface area contributed by atoms with Gasteiger partial charge in [0.25, 0.3) is 5.88 Å². The zero-order valence-electron chi connectivity index (χ0n) is 13.2. The molecule has 25 heavy (non-hydrogen) atoms. The van der Waals surface area contributed by atoms with Crippen molar-refractivity contribution in [3.63, 3.8) is 0 Å². The van der Waals surface area contributed by atoms with Gasteiger partial charge in [0.15, 0.2) is 11.6 Å². The lowest BCUT2D eigenvalue weighted by atomic mass is 9.90. The third-order valence-corrected chi connectivity index (χ3v) is 4.37. The number of benzene rings is 1. The van der Waals surface area contributed by atoms with E-state index in [2.05, 4.69) is 27.3 Å². The minimum absolute atomic E-state index is 0.166. The van der Waals surface area contributed by atoms with Crippen LogP contribution in [0.25, 0.3) is 0 Å². The maximum absolute atomic E-state index is 14.4. The number of carboxylic acid groups (broad SMARTS) is 1. The summed E-state index contributed by atoms with van der Waals surface area (Å²) in [6, 6.07) is 2.88. The molecule has 3 rings (SSSR count). The van der Waals surface area contributed by atoms with Crippen LogP contribution in [0.3, 0.4) is 0 Å². The molecule has 1 saturated carbocycles. The largest absolute Gasteiger partial charge is 0.476 e. The van der Waals surface area contributed by atoms with Crippen molar-refractivity contribution in [3.8, 4) is 23.5 Å². The minimum Gasteiger partial charge on any atom is -0.476 e. The molecule has 1 fully saturated rings. The highest BCUT2D eigenvalue weighted by Crippen LogP contribution is 2.31. The first-order valence-electron chi connectivity index (χ1n) is 7.88. The first-order valence-corrected chi connectivity index (χ1v) is 8.25. The van der Waals surface area contributed by atoms with Gasteiger partial charge in [-0.15, -0.1) is 0 Å². The van der Waals surface area contributed by atoms with Crippen LogP contribution in [0, 0.1) is 23.6 Å². The quantitative estimate of drug-likeness (QED) is 0.804. The van der Waals surface area contributed by atoms with E-state index in [1.165, 1.54) is 18.6 Å². The molecule has 1 aromatic heterocycles. The number of H-pyrrole nitrogens is 1.